The third-order valence-corrected chi connectivity index (χ3v) is 4.42. The molecule has 6 nitrogen and oxygen atoms in total. The SMILES string of the molecule is Cc1ccc(NC(=O)CSCC(=O)Nc2ccc3c(c2)OC(F)(F)O3)cc1. The van der Waals surface area contributed by atoms with Crippen molar-refractivity contribution in [3.63, 3.8) is 0 Å². The van der Waals surface area contributed by atoms with Gasteiger partial charge >= 0.3 is 6.29 Å². The molecule has 0 aromatic heterocycles. The molecule has 3 rings (SSSR count). The Hall–Kier alpha value is -2.81. The summed E-state index contributed by atoms with van der Waals surface area (Å²) in [6, 6.07) is 11.3. The van der Waals surface area contributed by atoms with Crippen LogP contribution in [0.1, 0.15) is 5.56 Å². The lowest BCUT2D eigenvalue weighted by atomic mass is 10.2. The van der Waals surface area contributed by atoms with Gasteiger partial charge in [-0.25, -0.2) is 0 Å². The van der Waals surface area contributed by atoms with Crippen LogP contribution in [-0.4, -0.2) is 29.6 Å². The largest absolute Gasteiger partial charge is 0.586 e. The van der Waals surface area contributed by atoms with Gasteiger partial charge in [-0.15, -0.1) is 20.5 Å². The summed E-state index contributed by atoms with van der Waals surface area (Å²) < 4.78 is 34.6. The first-order valence-corrected chi connectivity index (χ1v) is 9.10. The molecule has 0 radical (unpaired) electrons. The summed E-state index contributed by atoms with van der Waals surface area (Å²) in [5.74, 6) is -0.695. The van der Waals surface area contributed by atoms with E-state index in [9.17, 15) is 18.4 Å². The zero-order chi connectivity index (χ0) is 19.4. The zero-order valence-electron chi connectivity index (χ0n) is 14.3. The molecule has 0 bridgehead atoms. The molecule has 1 aliphatic heterocycles. The lowest BCUT2D eigenvalue weighted by molar-refractivity contribution is -0.286. The van der Waals surface area contributed by atoms with Crippen LogP contribution in [0.15, 0.2) is 42.5 Å². The van der Waals surface area contributed by atoms with Gasteiger partial charge in [0.1, 0.15) is 0 Å². The second kappa shape index (κ2) is 7.83. The molecule has 0 fully saturated rings. The molecule has 0 saturated carbocycles. The summed E-state index contributed by atoms with van der Waals surface area (Å²) in [5.41, 5.74) is 2.07. The summed E-state index contributed by atoms with van der Waals surface area (Å²) in [5, 5.41) is 5.29. The van der Waals surface area contributed by atoms with E-state index >= 15 is 0 Å². The number of ether oxygens (including phenoxy) is 2. The molecule has 2 amide bonds. The van der Waals surface area contributed by atoms with Gasteiger partial charge in [-0.1, -0.05) is 17.7 Å². The maximum absolute atomic E-state index is 13.0. The number of nitrogens with one attached hydrogen (secondary N) is 2. The number of alkyl halides is 2. The Morgan fingerprint density at radius 1 is 0.926 bits per heavy atom. The smallest absolute Gasteiger partial charge is 0.395 e. The monoisotopic (exact) mass is 394 g/mol. The van der Waals surface area contributed by atoms with E-state index < -0.39 is 6.29 Å². The first kappa shape index (κ1) is 19.0. The van der Waals surface area contributed by atoms with Crippen LogP contribution < -0.4 is 20.1 Å². The molecule has 0 atom stereocenters. The molecule has 0 spiro atoms. The van der Waals surface area contributed by atoms with Crippen molar-refractivity contribution < 1.29 is 27.8 Å². The highest BCUT2D eigenvalue weighted by atomic mass is 32.2. The summed E-state index contributed by atoms with van der Waals surface area (Å²) in [6.07, 6.45) is -3.70. The van der Waals surface area contributed by atoms with Crippen molar-refractivity contribution in [1.82, 2.24) is 0 Å². The normalized spacial score (nSPS) is 13.9. The Balaban J connectivity index is 1.42. The maximum atomic E-state index is 13.0. The second-order valence-corrected chi connectivity index (χ2v) is 6.77. The first-order valence-electron chi connectivity index (χ1n) is 7.95. The van der Waals surface area contributed by atoms with Crippen LogP contribution in [0.4, 0.5) is 20.2 Å². The number of amides is 2. The summed E-state index contributed by atoms with van der Waals surface area (Å²) >= 11 is 1.14. The molecular formula is C18H16F2N2O4S. The fourth-order valence-corrected chi connectivity index (χ4v) is 2.91. The molecule has 9 heteroatoms. The molecule has 0 saturated heterocycles. The molecule has 2 N–H and O–H groups in total. The fourth-order valence-electron chi connectivity index (χ4n) is 2.29. The van der Waals surface area contributed by atoms with Crippen molar-refractivity contribution >= 4 is 35.0 Å². The van der Waals surface area contributed by atoms with Gasteiger partial charge in [0, 0.05) is 17.4 Å². The Bertz CT molecular complexity index is 859. The number of hydrogen-bond acceptors (Lipinski definition) is 5. The number of aryl methyl sites for hydroxylation is 1. The minimum absolute atomic E-state index is 0.0337. The predicted octanol–water partition coefficient (Wildman–Crippen LogP) is 3.63. The molecule has 0 aliphatic carbocycles. The Morgan fingerprint density at radius 3 is 2.15 bits per heavy atom. The van der Waals surface area contributed by atoms with Crippen molar-refractivity contribution in [2.24, 2.45) is 0 Å². The van der Waals surface area contributed by atoms with E-state index in [1.165, 1.54) is 18.2 Å². The molecule has 2 aromatic rings. The molecule has 0 unspecified atom stereocenters. The van der Waals surface area contributed by atoms with Crippen molar-refractivity contribution in [1.29, 1.82) is 0 Å². The average molecular weight is 394 g/mol. The highest BCUT2D eigenvalue weighted by molar-refractivity contribution is 8.00. The van der Waals surface area contributed by atoms with Crippen LogP contribution in [0.25, 0.3) is 0 Å². The topological polar surface area (TPSA) is 76.7 Å². The molecular weight excluding hydrogens is 378 g/mol. The third-order valence-electron chi connectivity index (χ3n) is 3.49. The molecule has 1 heterocycles. The van der Waals surface area contributed by atoms with Gasteiger partial charge in [0.15, 0.2) is 11.5 Å². The number of carbonyl (C=O) groups excluding carboxylic acids is 2. The zero-order valence-corrected chi connectivity index (χ0v) is 15.1. The van der Waals surface area contributed by atoms with Gasteiger partial charge in [0.25, 0.3) is 0 Å². The van der Waals surface area contributed by atoms with Gasteiger partial charge in [-0.05, 0) is 31.2 Å². The number of fused-ring (bicyclic) bond motifs is 1. The summed E-state index contributed by atoms with van der Waals surface area (Å²) in [7, 11) is 0. The van der Waals surface area contributed by atoms with Crippen LogP contribution >= 0.6 is 11.8 Å². The number of halogens is 2. The van der Waals surface area contributed by atoms with Crippen molar-refractivity contribution in [2.45, 2.75) is 13.2 Å². The highest BCUT2D eigenvalue weighted by Gasteiger charge is 2.43. The van der Waals surface area contributed by atoms with E-state index in [1.54, 1.807) is 12.1 Å². The van der Waals surface area contributed by atoms with Crippen molar-refractivity contribution in [3.8, 4) is 11.5 Å². The minimum atomic E-state index is -3.70. The van der Waals surface area contributed by atoms with Crippen LogP contribution in [0.5, 0.6) is 11.5 Å². The molecule has 142 valence electrons. The van der Waals surface area contributed by atoms with Gasteiger partial charge in [0.2, 0.25) is 11.8 Å². The lowest BCUT2D eigenvalue weighted by Gasteiger charge is -2.07. The number of hydrogen-bond donors (Lipinski definition) is 2. The maximum Gasteiger partial charge on any atom is 0.586 e. The van der Waals surface area contributed by atoms with Crippen LogP contribution in [0, 0.1) is 6.92 Å². The number of rotatable bonds is 6. The van der Waals surface area contributed by atoms with E-state index in [0.717, 1.165) is 17.3 Å². The van der Waals surface area contributed by atoms with E-state index in [2.05, 4.69) is 20.1 Å². The number of carbonyl (C=O) groups is 2. The van der Waals surface area contributed by atoms with E-state index in [0.29, 0.717) is 11.4 Å². The van der Waals surface area contributed by atoms with Crippen LogP contribution in [-0.2, 0) is 9.59 Å². The van der Waals surface area contributed by atoms with Crippen molar-refractivity contribution in [2.75, 3.05) is 22.1 Å². The minimum Gasteiger partial charge on any atom is -0.395 e. The fraction of sp³-hybridized carbons (Fsp3) is 0.222. The van der Waals surface area contributed by atoms with Gasteiger partial charge in [-0.3, -0.25) is 9.59 Å². The van der Waals surface area contributed by atoms with E-state index in [4.69, 9.17) is 0 Å². The Kier molecular flexibility index (Phi) is 5.50. The van der Waals surface area contributed by atoms with E-state index in [-0.39, 0.29) is 34.8 Å². The van der Waals surface area contributed by atoms with Gasteiger partial charge < -0.3 is 20.1 Å². The Morgan fingerprint density at radius 2 is 1.48 bits per heavy atom. The summed E-state index contributed by atoms with van der Waals surface area (Å²) in [4.78, 5) is 23.8. The average Bonchev–Trinajstić information content (AvgIpc) is 2.90. The van der Waals surface area contributed by atoms with Gasteiger partial charge in [-0.2, -0.15) is 0 Å². The Labute approximate surface area is 158 Å². The van der Waals surface area contributed by atoms with Gasteiger partial charge in [0.05, 0.1) is 11.5 Å². The summed E-state index contributed by atoms with van der Waals surface area (Å²) in [6.45, 7) is 1.95. The van der Waals surface area contributed by atoms with Crippen LogP contribution in [0.3, 0.4) is 0 Å². The standard InChI is InChI=1S/C18H16F2N2O4S/c1-11-2-4-12(5-3-11)21-16(23)9-27-10-17(24)22-13-6-7-14-15(8-13)26-18(19,20)25-14/h2-8H,9-10H2,1H3,(H,21,23)(H,22,24). The molecule has 1 aliphatic rings. The first-order chi connectivity index (χ1) is 12.8. The predicted molar refractivity (Wildman–Crippen MR) is 98.4 cm³/mol. The van der Waals surface area contributed by atoms with Crippen molar-refractivity contribution in [3.05, 3.63) is 48.0 Å². The third kappa shape index (κ3) is 5.33. The number of thioether (sulfide) groups is 1. The highest BCUT2D eigenvalue weighted by Crippen LogP contribution is 2.42. The number of benzene rings is 2. The quantitative estimate of drug-likeness (QED) is 0.783. The van der Waals surface area contributed by atoms with Crippen LogP contribution in [0.2, 0.25) is 0 Å². The molecule has 2 aromatic carbocycles. The molecule has 27 heavy (non-hydrogen) atoms. The lowest BCUT2D eigenvalue weighted by Crippen LogP contribution is -2.25. The number of anilines is 2. The van der Waals surface area contributed by atoms with E-state index in [1.807, 2.05) is 19.1 Å². The second-order valence-electron chi connectivity index (χ2n) is 5.78.